The SMILES string of the molecule is CCCC[C@@H](CC)C(=O)N1CCS[C@@H]1c1cccc(Cl)c1. The summed E-state index contributed by atoms with van der Waals surface area (Å²) in [6, 6.07) is 7.90. The van der Waals surface area contributed by atoms with Crippen LogP contribution < -0.4 is 0 Å². The molecule has 1 aliphatic rings. The van der Waals surface area contributed by atoms with Crippen LogP contribution >= 0.6 is 23.4 Å². The molecule has 21 heavy (non-hydrogen) atoms. The molecule has 0 unspecified atom stereocenters. The summed E-state index contributed by atoms with van der Waals surface area (Å²) in [6.07, 6.45) is 4.22. The van der Waals surface area contributed by atoms with Crippen LogP contribution in [0.5, 0.6) is 0 Å². The Kier molecular flexibility index (Phi) is 6.43. The van der Waals surface area contributed by atoms with E-state index in [2.05, 4.69) is 24.8 Å². The molecule has 1 aromatic carbocycles. The molecule has 0 bridgehead atoms. The Balaban J connectivity index is 2.12. The summed E-state index contributed by atoms with van der Waals surface area (Å²) >= 11 is 7.93. The molecule has 1 amide bonds. The third kappa shape index (κ3) is 4.17. The number of hydrogen-bond donors (Lipinski definition) is 0. The number of amides is 1. The summed E-state index contributed by atoms with van der Waals surface area (Å²) in [6.45, 7) is 5.15. The minimum Gasteiger partial charge on any atom is -0.325 e. The fourth-order valence-corrected chi connectivity index (χ4v) is 4.27. The number of nitrogens with zero attached hydrogens (tertiary/aromatic N) is 1. The molecule has 0 radical (unpaired) electrons. The van der Waals surface area contributed by atoms with E-state index < -0.39 is 0 Å². The Labute approximate surface area is 137 Å². The van der Waals surface area contributed by atoms with Gasteiger partial charge in [0.25, 0.3) is 0 Å². The highest BCUT2D eigenvalue weighted by Gasteiger charge is 2.33. The maximum atomic E-state index is 12.8. The monoisotopic (exact) mass is 325 g/mol. The second-order valence-electron chi connectivity index (χ2n) is 5.56. The van der Waals surface area contributed by atoms with E-state index >= 15 is 0 Å². The Morgan fingerprint density at radius 3 is 2.95 bits per heavy atom. The lowest BCUT2D eigenvalue weighted by Crippen LogP contribution is -2.35. The van der Waals surface area contributed by atoms with E-state index in [9.17, 15) is 4.79 Å². The maximum Gasteiger partial charge on any atom is 0.226 e. The van der Waals surface area contributed by atoms with Gasteiger partial charge in [-0.05, 0) is 30.5 Å². The highest BCUT2D eigenvalue weighted by Crippen LogP contribution is 2.40. The van der Waals surface area contributed by atoms with Crippen molar-refractivity contribution in [3.8, 4) is 0 Å². The summed E-state index contributed by atoms with van der Waals surface area (Å²) < 4.78 is 0. The van der Waals surface area contributed by atoms with E-state index in [0.29, 0.717) is 5.91 Å². The third-order valence-corrected chi connectivity index (χ3v) is 5.55. The number of halogens is 1. The lowest BCUT2D eigenvalue weighted by Gasteiger charge is -2.28. The minimum absolute atomic E-state index is 0.131. The van der Waals surface area contributed by atoms with Crippen molar-refractivity contribution in [1.29, 1.82) is 0 Å². The molecule has 2 rings (SSSR count). The lowest BCUT2D eigenvalue weighted by atomic mass is 9.97. The largest absolute Gasteiger partial charge is 0.325 e. The first-order valence-corrected chi connectivity index (χ1v) is 9.27. The molecular weight excluding hydrogens is 302 g/mol. The third-order valence-electron chi connectivity index (χ3n) is 4.06. The van der Waals surface area contributed by atoms with E-state index in [-0.39, 0.29) is 11.3 Å². The van der Waals surface area contributed by atoms with Crippen molar-refractivity contribution in [2.75, 3.05) is 12.3 Å². The number of benzene rings is 1. The Morgan fingerprint density at radius 2 is 2.29 bits per heavy atom. The summed E-state index contributed by atoms with van der Waals surface area (Å²) in [7, 11) is 0. The molecule has 2 atom stereocenters. The summed E-state index contributed by atoms with van der Waals surface area (Å²) in [4.78, 5) is 14.9. The zero-order valence-electron chi connectivity index (χ0n) is 12.8. The predicted molar refractivity (Wildman–Crippen MR) is 91.7 cm³/mol. The molecular formula is C17H24ClNOS. The van der Waals surface area contributed by atoms with Crippen LogP contribution in [0.3, 0.4) is 0 Å². The second-order valence-corrected chi connectivity index (χ2v) is 7.18. The van der Waals surface area contributed by atoms with Crippen LogP contribution in [0.25, 0.3) is 0 Å². The maximum absolute atomic E-state index is 12.8. The van der Waals surface area contributed by atoms with E-state index in [1.807, 2.05) is 30.0 Å². The van der Waals surface area contributed by atoms with Gasteiger partial charge >= 0.3 is 0 Å². The second kappa shape index (κ2) is 8.09. The van der Waals surface area contributed by atoms with Crippen LogP contribution in [0.15, 0.2) is 24.3 Å². The fourth-order valence-electron chi connectivity index (χ4n) is 2.82. The van der Waals surface area contributed by atoms with E-state index in [1.54, 1.807) is 0 Å². The van der Waals surface area contributed by atoms with Gasteiger partial charge in [0.1, 0.15) is 5.37 Å². The molecule has 1 saturated heterocycles. The van der Waals surface area contributed by atoms with Crippen LogP contribution in [-0.2, 0) is 4.79 Å². The predicted octanol–water partition coefficient (Wildman–Crippen LogP) is 5.13. The first kappa shape index (κ1) is 16.7. The number of rotatable bonds is 6. The highest BCUT2D eigenvalue weighted by atomic mass is 35.5. The topological polar surface area (TPSA) is 20.3 Å². The van der Waals surface area contributed by atoms with Crippen molar-refractivity contribution < 1.29 is 4.79 Å². The number of carbonyl (C=O) groups is 1. The first-order valence-electron chi connectivity index (χ1n) is 7.84. The molecule has 0 N–H and O–H groups in total. The smallest absolute Gasteiger partial charge is 0.226 e. The van der Waals surface area contributed by atoms with Gasteiger partial charge in [0.2, 0.25) is 5.91 Å². The minimum atomic E-state index is 0.131. The van der Waals surface area contributed by atoms with Gasteiger partial charge in [0.05, 0.1) is 0 Å². The van der Waals surface area contributed by atoms with Gasteiger partial charge in [-0.15, -0.1) is 11.8 Å². The van der Waals surface area contributed by atoms with Gasteiger partial charge < -0.3 is 4.90 Å². The molecule has 0 aliphatic carbocycles. The summed E-state index contributed by atoms with van der Waals surface area (Å²) in [5, 5.41) is 0.873. The van der Waals surface area contributed by atoms with Gasteiger partial charge in [-0.1, -0.05) is 50.4 Å². The van der Waals surface area contributed by atoms with Crippen LogP contribution in [-0.4, -0.2) is 23.1 Å². The number of carbonyl (C=O) groups excluding carboxylic acids is 1. The number of thioether (sulfide) groups is 1. The number of unbranched alkanes of at least 4 members (excludes halogenated alkanes) is 1. The van der Waals surface area contributed by atoms with E-state index in [4.69, 9.17) is 11.6 Å². The Bertz CT molecular complexity index is 480. The molecule has 0 saturated carbocycles. The standard InChI is InChI=1S/C17H24ClNOS/c1-3-5-7-13(4-2)16(20)19-10-11-21-17(19)14-8-6-9-15(18)12-14/h6,8-9,12-13,17H,3-5,7,10-11H2,1-2H3/t13-,17-/m1/s1. The molecule has 1 heterocycles. The average Bonchev–Trinajstić information content (AvgIpc) is 2.97. The molecule has 0 spiro atoms. The average molecular weight is 326 g/mol. The van der Waals surface area contributed by atoms with Crippen molar-refractivity contribution in [2.24, 2.45) is 5.92 Å². The lowest BCUT2D eigenvalue weighted by molar-refractivity contribution is -0.136. The van der Waals surface area contributed by atoms with Crippen molar-refractivity contribution >= 4 is 29.3 Å². The van der Waals surface area contributed by atoms with Gasteiger partial charge in [-0.25, -0.2) is 0 Å². The van der Waals surface area contributed by atoms with Crippen LogP contribution in [0.1, 0.15) is 50.5 Å². The van der Waals surface area contributed by atoms with Gasteiger partial charge in [-0.3, -0.25) is 4.79 Å². The number of hydrogen-bond acceptors (Lipinski definition) is 2. The molecule has 2 nitrogen and oxygen atoms in total. The van der Waals surface area contributed by atoms with Crippen LogP contribution in [0, 0.1) is 5.92 Å². The molecule has 1 aromatic rings. The van der Waals surface area contributed by atoms with Gasteiger partial charge in [0.15, 0.2) is 0 Å². The molecule has 0 aromatic heterocycles. The van der Waals surface area contributed by atoms with Crippen LogP contribution in [0.4, 0.5) is 0 Å². The quantitative estimate of drug-likeness (QED) is 0.722. The van der Waals surface area contributed by atoms with Crippen molar-refractivity contribution in [3.63, 3.8) is 0 Å². The first-order chi connectivity index (χ1) is 10.2. The van der Waals surface area contributed by atoms with E-state index in [0.717, 1.165) is 48.6 Å². The zero-order valence-corrected chi connectivity index (χ0v) is 14.4. The normalized spacial score (nSPS) is 19.8. The zero-order chi connectivity index (χ0) is 15.2. The molecule has 4 heteroatoms. The Morgan fingerprint density at radius 1 is 1.48 bits per heavy atom. The van der Waals surface area contributed by atoms with Gasteiger partial charge in [0, 0.05) is 23.2 Å². The molecule has 1 fully saturated rings. The summed E-state index contributed by atoms with van der Waals surface area (Å²) in [5.41, 5.74) is 1.14. The van der Waals surface area contributed by atoms with E-state index in [1.165, 1.54) is 0 Å². The highest BCUT2D eigenvalue weighted by molar-refractivity contribution is 7.99. The molecule has 1 aliphatic heterocycles. The molecule has 116 valence electrons. The van der Waals surface area contributed by atoms with Crippen LogP contribution in [0.2, 0.25) is 5.02 Å². The summed E-state index contributed by atoms with van der Waals surface area (Å²) in [5.74, 6) is 1.50. The fraction of sp³-hybridized carbons (Fsp3) is 0.588. The van der Waals surface area contributed by atoms with Crippen molar-refractivity contribution in [2.45, 2.75) is 44.9 Å². The Hall–Kier alpha value is -0.670. The van der Waals surface area contributed by atoms with Gasteiger partial charge in [-0.2, -0.15) is 0 Å². The van der Waals surface area contributed by atoms with Crippen molar-refractivity contribution in [3.05, 3.63) is 34.9 Å². The van der Waals surface area contributed by atoms with Crippen molar-refractivity contribution in [1.82, 2.24) is 4.90 Å².